The monoisotopic (exact) mass is 382 g/mol. The van der Waals surface area contributed by atoms with Gasteiger partial charge in [-0.1, -0.05) is 12.8 Å². The molecule has 0 bridgehead atoms. The maximum atomic E-state index is 13.1. The van der Waals surface area contributed by atoms with Gasteiger partial charge in [0.05, 0.1) is 23.8 Å². The third-order valence-electron chi connectivity index (χ3n) is 5.32. The number of benzene rings is 1. The number of carbonyl (C=O) groups excluding carboxylic acids is 1. The number of hydrogen-bond acceptors (Lipinski definition) is 5. The first-order valence-electron chi connectivity index (χ1n) is 9.73. The van der Waals surface area contributed by atoms with Crippen molar-refractivity contribution >= 4 is 27.9 Å². The summed E-state index contributed by atoms with van der Waals surface area (Å²) in [6, 6.07) is 5.19. The molecule has 6 nitrogen and oxygen atoms in total. The number of methoxy groups -OCH3 is 1. The molecular formula is C22H26N2O4. The van der Waals surface area contributed by atoms with E-state index in [9.17, 15) is 9.90 Å². The molecule has 0 atom stereocenters. The van der Waals surface area contributed by atoms with E-state index >= 15 is 0 Å². The molecule has 1 fully saturated rings. The van der Waals surface area contributed by atoms with Crippen LogP contribution in [0.4, 0.5) is 4.79 Å². The molecule has 1 N–H and O–H groups in total. The Balaban J connectivity index is 2.05. The topological polar surface area (TPSA) is 73.6 Å². The Bertz CT molecular complexity index is 1060. The molecule has 1 aliphatic carbocycles. The minimum absolute atomic E-state index is 0.0157. The number of pyridine rings is 1. The normalized spacial score (nSPS) is 15.4. The van der Waals surface area contributed by atoms with Crippen molar-refractivity contribution in [3.05, 3.63) is 30.1 Å². The zero-order chi connectivity index (χ0) is 20.1. The van der Waals surface area contributed by atoms with Crippen molar-refractivity contribution in [3.8, 4) is 11.5 Å². The van der Waals surface area contributed by atoms with Crippen molar-refractivity contribution in [2.45, 2.75) is 58.0 Å². The number of nitrogens with zero attached hydrogens (tertiary/aromatic N) is 2. The SMILES string of the molecule is COc1cc2c3c(C4CCCC4)nccc3n(C(=O)OC(C)(C)C)c2cc1O. The maximum Gasteiger partial charge on any atom is 0.419 e. The number of ether oxygens (including phenoxy) is 2. The highest BCUT2D eigenvalue weighted by Gasteiger charge is 2.28. The summed E-state index contributed by atoms with van der Waals surface area (Å²) in [5.74, 6) is 0.733. The van der Waals surface area contributed by atoms with Gasteiger partial charge < -0.3 is 14.6 Å². The number of aromatic hydroxyl groups is 1. The van der Waals surface area contributed by atoms with E-state index in [1.807, 2.05) is 26.8 Å². The predicted molar refractivity (Wildman–Crippen MR) is 108 cm³/mol. The second kappa shape index (κ2) is 6.69. The second-order valence-electron chi connectivity index (χ2n) is 8.43. The molecule has 28 heavy (non-hydrogen) atoms. The number of phenols is 1. The number of hydrogen-bond donors (Lipinski definition) is 1. The Morgan fingerprint density at radius 3 is 2.57 bits per heavy atom. The van der Waals surface area contributed by atoms with Crippen molar-refractivity contribution in [3.63, 3.8) is 0 Å². The van der Waals surface area contributed by atoms with Crippen LogP contribution >= 0.6 is 0 Å². The third kappa shape index (κ3) is 3.07. The molecule has 1 aromatic carbocycles. The summed E-state index contributed by atoms with van der Waals surface area (Å²) in [4.78, 5) is 17.8. The Morgan fingerprint density at radius 2 is 1.93 bits per heavy atom. The van der Waals surface area contributed by atoms with E-state index in [-0.39, 0.29) is 5.75 Å². The standard InChI is InChI=1S/C22H26N2O4/c1-22(2,3)28-21(26)24-15-9-10-23-20(13-7-5-6-8-13)19(15)14-11-18(27-4)17(25)12-16(14)24/h9-13,25H,5-8H2,1-4H3. The number of fused-ring (bicyclic) bond motifs is 3. The highest BCUT2D eigenvalue weighted by molar-refractivity contribution is 6.14. The van der Waals surface area contributed by atoms with Crippen LogP contribution in [-0.2, 0) is 4.74 Å². The second-order valence-corrected chi connectivity index (χ2v) is 8.43. The van der Waals surface area contributed by atoms with Crippen molar-refractivity contribution < 1.29 is 19.4 Å². The van der Waals surface area contributed by atoms with Crippen LogP contribution < -0.4 is 4.74 Å². The van der Waals surface area contributed by atoms with Crippen LogP contribution in [-0.4, -0.2) is 33.5 Å². The molecule has 0 radical (unpaired) electrons. The third-order valence-corrected chi connectivity index (χ3v) is 5.32. The Morgan fingerprint density at radius 1 is 1.21 bits per heavy atom. The van der Waals surface area contributed by atoms with Crippen LogP contribution in [0.1, 0.15) is 58.1 Å². The van der Waals surface area contributed by atoms with E-state index in [1.165, 1.54) is 24.5 Å². The van der Waals surface area contributed by atoms with Gasteiger partial charge in [0.25, 0.3) is 0 Å². The van der Waals surface area contributed by atoms with Gasteiger partial charge in [-0.25, -0.2) is 9.36 Å². The predicted octanol–water partition coefficient (Wildman–Crippen LogP) is 5.34. The summed E-state index contributed by atoms with van der Waals surface area (Å²) in [6.45, 7) is 5.51. The lowest BCUT2D eigenvalue weighted by atomic mass is 9.98. The Hall–Kier alpha value is -2.76. The van der Waals surface area contributed by atoms with E-state index in [1.54, 1.807) is 18.3 Å². The van der Waals surface area contributed by atoms with Gasteiger partial charge in [0.2, 0.25) is 0 Å². The summed E-state index contributed by atoms with van der Waals surface area (Å²) in [5.41, 5.74) is 1.72. The first-order chi connectivity index (χ1) is 13.3. The largest absolute Gasteiger partial charge is 0.504 e. The number of phenolic OH excluding ortho intramolecular Hbond substituents is 1. The molecule has 0 saturated heterocycles. The van der Waals surface area contributed by atoms with E-state index in [2.05, 4.69) is 0 Å². The molecule has 2 heterocycles. The first kappa shape index (κ1) is 18.6. The molecule has 3 aromatic rings. The highest BCUT2D eigenvalue weighted by Crippen LogP contribution is 2.43. The van der Waals surface area contributed by atoms with Crippen molar-refractivity contribution in [2.75, 3.05) is 7.11 Å². The molecule has 2 aromatic heterocycles. The molecule has 0 spiro atoms. The van der Waals surface area contributed by atoms with Gasteiger partial charge in [-0.2, -0.15) is 0 Å². The van der Waals surface area contributed by atoms with E-state index in [4.69, 9.17) is 14.5 Å². The zero-order valence-corrected chi connectivity index (χ0v) is 16.8. The van der Waals surface area contributed by atoms with E-state index < -0.39 is 11.7 Å². The number of carbonyl (C=O) groups is 1. The molecule has 148 valence electrons. The fourth-order valence-corrected chi connectivity index (χ4v) is 4.18. The molecule has 1 aliphatic rings. The smallest absolute Gasteiger partial charge is 0.419 e. The molecule has 6 heteroatoms. The quantitative estimate of drug-likeness (QED) is 0.647. The summed E-state index contributed by atoms with van der Waals surface area (Å²) in [7, 11) is 1.52. The van der Waals surface area contributed by atoms with Crippen molar-refractivity contribution in [1.29, 1.82) is 0 Å². The molecular weight excluding hydrogens is 356 g/mol. The summed E-state index contributed by atoms with van der Waals surface area (Å²) >= 11 is 0. The highest BCUT2D eigenvalue weighted by atomic mass is 16.6. The van der Waals surface area contributed by atoms with Crippen LogP contribution in [0.5, 0.6) is 11.5 Å². The summed E-state index contributed by atoms with van der Waals surface area (Å²) in [6.07, 6.45) is 5.86. The first-order valence-corrected chi connectivity index (χ1v) is 9.73. The van der Waals surface area contributed by atoms with Gasteiger partial charge >= 0.3 is 6.09 Å². The van der Waals surface area contributed by atoms with Gasteiger partial charge in [0.15, 0.2) is 11.5 Å². The lowest BCUT2D eigenvalue weighted by molar-refractivity contribution is 0.0551. The van der Waals surface area contributed by atoms with Gasteiger partial charge in [-0.3, -0.25) is 4.98 Å². The minimum atomic E-state index is -0.629. The lowest BCUT2D eigenvalue weighted by Crippen LogP contribution is -2.27. The van der Waals surface area contributed by atoms with Crippen molar-refractivity contribution in [2.24, 2.45) is 0 Å². The maximum absolute atomic E-state index is 13.1. The van der Waals surface area contributed by atoms with Crippen LogP contribution in [0.2, 0.25) is 0 Å². The lowest BCUT2D eigenvalue weighted by Gasteiger charge is -2.20. The molecule has 4 rings (SSSR count). The average molecular weight is 382 g/mol. The van der Waals surface area contributed by atoms with Gasteiger partial charge in [0, 0.05) is 29.0 Å². The van der Waals surface area contributed by atoms with Crippen LogP contribution in [0.25, 0.3) is 21.8 Å². The number of aromatic nitrogens is 2. The van der Waals surface area contributed by atoms with Crippen molar-refractivity contribution in [1.82, 2.24) is 9.55 Å². The summed E-state index contributed by atoms with van der Waals surface area (Å²) < 4.78 is 12.5. The van der Waals surface area contributed by atoms with Crippen LogP contribution in [0.15, 0.2) is 24.4 Å². The molecule has 1 saturated carbocycles. The Kier molecular flexibility index (Phi) is 4.44. The molecule has 0 amide bonds. The van der Waals surface area contributed by atoms with Gasteiger partial charge in [-0.05, 0) is 45.7 Å². The minimum Gasteiger partial charge on any atom is -0.504 e. The van der Waals surface area contributed by atoms with Gasteiger partial charge in [-0.15, -0.1) is 0 Å². The molecule has 0 aliphatic heterocycles. The summed E-state index contributed by atoms with van der Waals surface area (Å²) in [5, 5.41) is 12.1. The Labute approximate surface area is 164 Å². The van der Waals surface area contributed by atoms with E-state index in [0.29, 0.717) is 17.2 Å². The molecule has 0 unspecified atom stereocenters. The average Bonchev–Trinajstić information content (AvgIpc) is 3.25. The fourth-order valence-electron chi connectivity index (χ4n) is 4.18. The van der Waals surface area contributed by atoms with E-state index in [0.717, 1.165) is 34.8 Å². The van der Waals surface area contributed by atoms with Crippen LogP contribution in [0.3, 0.4) is 0 Å². The zero-order valence-electron chi connectivity index (χ0n) is 16.8. The number of rotatable bonds is 2. The van der Waals surface area contributed by atoms with Gasteiger partial charge in [0.1, 0.15) is 5.60 Å². The fraction of sp³-hybridized carbons (Fsp3) is 0.455. The van der Waals surface area contributed by atoms with Crippen LogP contribution in [0, 0.1) is 0 Å².